The summed E-state index contributed by atoms with van der Waals surface area (Å²) in [6, 6.07) is 18.0. The maximum absolute atomic E-state index is 10.9. The molecule has 0 atom stereocenters. The number of carboxylic acid groups (broad SMARTS) is 1. The zero-order chi connectivity index (χ0) is 20.4. The highest BCUT2D eigenvalue weighted by molar-refractivity contribution is 7.99. The predicted molar refractivity (Wildman–Crippen MR) is 111 cm³/mol. The fraction of sp³-hybridized carbons (Fsp3) is 0.0952. The van der Waals surface area contributed by atoms with Crippen molar-refractivity contribution >= 4 is 28.5 Å². The van der Waals surface area contributed by atoms with Crippen LogP contribution in [0.3, 0.4) is 0 Å². The average Bonchev–Trinajstić information content (AvgIpc) is 3.10. The minimum atomic E-state index is -0.882. The van der Waals surface area contributed by atoms with E-state index in [1.165, 1.54) is 28.6 Å². The van der Waals surface area contributed by atoms with Crippen LogP contribution >= 0.6 is 11.8 Å². The summed E-state index contributed by atoms with van der Waals surface area (Å²) in [7, 11) is 0. The second-order valence-corrected chi connectivity index (χ2v) is 7.43. The molecule has 0 aliphatic heterocycles. The summed E-state index contributed by atoms with van der Waals surface area (Å²) in [4.78, 5) is 10.9. The Hall–Kier alpha value is -3.52. The fourth-order valence-corrected chi connectivity index (χ4v) is 4.02. The van der Waals surface area contributed by atoms with Gasteiger partial charge in [0.05, 0.1) is 6.42 Å². The maximum atomic E-state index is 10.9. The molecule has 0 saturated heterocycles. The van der Waals surface area contributed by atoms with Crippen molar-refractivity contribution in [3.63, 3.8) is 0 Å². The van der Waals surface area contributed by atoms with Crippen LogP contribution in [0.15, 0.2) is 65.7 Å². The Kier molecular flexibility index (Phi) is 5.09. The highest BCUT2D eigenvalue weighted by Crippen LogP contribution is 2.38. The number of fused-ring (bicyclic) bond motifs is 1. The second-order valence-electron chi connectivity index (χ2n) is 6.35. The van der Waals surface area contributed by atoms with E-state index < -0.39 is 5.97 Å². The lowest BCUT2D eigenvalue weighted by Crippen LogP contribution is -2.01. The number of carboxylic acids is 1. The number of benzene rings is 3. The van der Waals surface area contributed by atoms with E-state index in [-0.39, 0.29) is 17.9 Å². The van der Waals surface area contributed by atoms with E-state index in [0.717, 1.165) is 16.3 Å². The van der Waals surface area contributed by atoms with Gasteiger partial charge in [0, 0.05) is 17.4 Å². The molecule has 146 valence electrons. The number of hydrogen-bond donors (Lipinski definition) is 3. The lowest BCUT2D eigenvalue weighted by Gasteiger charge is -2.12. The highest BCUT2D eigenvalue weighted by Gasteiger charge is 2.21. The fourth-order valence-electron chi connectivity index (χ4n) is 3.12. The molecule has 3 aromatic carbocycles. The van der Waals surface area contributed by atoms with Crippen LogP contribution in [0.25, 0.3) is 27.7 Å². The van der Waals surface area contributed by atoms with Crippen LogP contribution in [0, 0.1) is 0 Å². The second kappa shape index (κ2) is 7.84. The number of hydrogen-bond acceptors (Lipinski definition) is 6. The SMILES string of the molecule is O=C(O)CCSc1nnn(-c2ccc(O)cc2O)c1-c1cccc2ccccc12. The van der Waals surface area contributed by atoms with Crippen molar-refractivity contribution in [2.45, 2.75) is 11.4 Å². The molecule has 0 amide bonds. The largest absolute Gasteiger partial charge is 0.508 e. The molecule has 0 aliphatic rings. The molecular weight excluding hydrogens is 390 g/mol. The van der Waals surface area contributed by atoms with Crippen molar-refractivity contribution in [1.29, 1.82) is 0 Å². The van der Waals surface area contributed by atoms with Crippen molar-refractivity contribution in [2.24, 2.45) is 0 Å². The topological polar surface area (TPSA) is 108 Å². The van der Waals surface area contributed by atoms with Crippen LogP contribution < -0.4 is 0 Å². The third kappa shape index (κ3) is 3.74. The van der Waals surface area contributed by atoms with Gasteiger partial charge in [-0.3, -0.25) is 4.79 Å². The number of aromatic nitrogens is 3. The normalized spacial score (nSPS) is 11.0. The van der Waals surface area contributed by atoms with E-state index in [4.69, 9.17) is 5.11 Å². The van der Waals surface area contributed by atoms with Crippen LogP contribution in [-0.4, -0.2) is 42.0 Å². The quantitative estimate of drug-likeness (QED) is 0.414. The first kappa shape index (κ1) is 18.8. The van der Waals surface area contributed by atoms with Crippen molar-refractivity contribution in [3.8, 4) is 28.4 Å². The molecule has 0 radical (unpaired) electrons. The molecule has 0 aliphatic carbocycles. The van der Waals surface area contributed by atoms with E-state index in [0.29, 0.717) is 22.2 Å². The first-order chi connectivity index (χ1) is 14.0. The zero-order valence-corrected chi connectivity index (χ0v) is 16.0. The molecule has 0 bridgehead atoms. The average molecular weight is 407 g/mol. The highest BCUT2D eigenvalue weighted by atomic mass is 32.2. The van der Waals surface area contributed by atoms with Gasteiger partial charge in [-0.05, 0) is 22.9 Å². The molecule has 0 spiro atoms. The van der Waals surface area contributed by atoms with Gasteiger partial charge in [0.1, 0.15) is 27.9 Å². The summed E-state index contributed by atoms with van der Waals surface area (Å²) in [6.07, 6.45) is -0.00301. The monoisotopic (exact) mass is 407 g/mol. The van der Waals surface area contributed by atoms with E-state index in [1.807, 2.05) is 42.5 Å². The molecule has 0 saturated carbocycles. The van der Waals surface area contributed by atoms with Crippen LogP contribution in [0.2, 0.25) is 0 Å². The Balaban J connectivity index is 1.91. The standard InChI is InChI=1S/C21H17N3O4S/c25-14-8-9-17(18(26)12-14)24-20(21(22-23-24)29-11-10-19(27)28)16-7-3-5-13-4-1-2-6-15(13)16/h1-9,12,25-26H,10-11H2,(H,27,28). The first-order valence-corrected chi connectivity index (χ1v) is 9.84. The van der Waals surface area contributed by atoms with Crippen LogP contribution in [-0.2, 0) is 4.79 Å². The van der Waals surface area contributed by atoms with Gasteiger partial charge in [0.25, 0.3) is 0 Å². The number of aliphatic carboxylic acids is 1. The molecule has 8 heteroatoms. The number of carbonyl (C=O) groups is 1. The van der Waals surface area contributed by atoms with Crippen LogP contribution in [0.5, 0.6) is 11.5 Å². The lowest BCUT2D eigenvalue weighted by atomic mass is 10.0. The molecule has 7 nitrogen and oxygen atoms in total. The van der Waals surface area contributed by atoms with Gasteiger partial charge in [-0.25, -0.2) is 4.68 Å². The maximum Gasteiger partial charge on any atom is 0.304 e. The Morgan fingerprint density at radius 3 is 2.62 bits per heavy atom. The molecule has 4 aromatic rings. The Labute approximate surface area is 170 Å². The molecule has 4 rings (SSSR count). The van der Waals surface area contributed by atoms with Crippen molar-refractivity contribution < 1.29 is 20.1 Å². The molecule has 29 heavy (non-hydrogen) atoms. The first-order valence-electron chi connectivity index (χ1n) is 8.85. The Bertz CT molecular complexity index is 1200. The van der Waals surface area contributed by atoms with Crippen molar-refractivity contribution in [3.05, 3.63) is 60.7 Å². The number of phenols is 2. The van der Waals surface area contributed by atoms with Crippen LogP contribution in [0.1, 0.15) is 6.42 Å². The van der Waals surface area contributed by atoms with Crippen LogP contribution in [0.4, 0.5) is 0 Å². The number of phenolic OH excluding ortho intramolecular Hbond substituents is 2. The van der Waals surface area contributed by atoms with E-state index in [9.17, 15) is 15.0 Å². The van der Waals surface area contributed by atoms with Crippen molar-refractivity contribution in [1.82, 2.24) is 15.0 Å². The summed E-state index contributed by atoms with van der Waals surface area (Å²) >= 11 is 1.30. The summed E-state index contributed by atoms with van der Waals surface area (Å²) in [5, 5.41) is 40.0. The molecular formula is C21H17N3O4S. The predicted octanol–water partition coefficient (Wildman–Crippen LogP) is 4.07. The minimum absolute atomic E-state index is 0.00301. The summed E-state index contributed by atoms with van der Waals surface area (Å²) in [5.41, 5.74) is 1.87. The van der Waals surface area contributed by atoms with Gasteiger partial charge in [0.15, 0.2) is 0 Å². The van der Waals surface area contributed by atoms with Gasteiger partial charge in [-0.15, -0.1) is 16.9 Å². The number of thioether (sulfide) groups is 1. The smallest absolute Gasteiger partial charge is 0.304 e. The summed E-state index contributed by atoms with van der Waals surface area (Å²) in [6.45, 7) is 0. The third-order valence-electron chi connectivity index (χ3n) is 4.43. The molecule has 3 N–H and O–H groups in total. The summed E-state index contributed by atoms with van der Waals surface area (Å²) in [5.74, 6) is -0.742. The Morgan fingerprint density at radius 2 is 1.83 bits per heavy atom. The van der Waals surface area contributed by atoms with Gasteiger partial charge in [-0.1, -0.05) is 47.7 Å². The number of nitrogens with zero attached hydrogens (tertiary/aromatic N) is 3. The number of aromatic hydroxyl groups is 2. The van der Waals surface area contributed by atoms with E-state index >= 15 is 0 Å². The summed E-state index contributed by atoms with van der Waals surface area (Å²) < 4.78 is 1.51. The van der Waals surface area contributed by atoms with Gasteiger partial charge < -0.3 is 15.3 Å². The van der Waals surface area contributed by atoms with Gasteiger partial charge in [-0.2, -0.15) is 0 Å². The Morgan fingerprint density at radius 1 is 1.03 bits per heavy atom. The zero-order valence-electron chi connectivity index (χ0n) is 15.2. The van der Waals surface area contributed by atoms with Gasteiger partial charge in [0.2, 0.25) is 0 Å². The lowest BCUT2D eigenvalue weighted by molar-refractivity contribution is -0.136. The molecule has 0 unspecified atom stereocenters. The molecule has 1 heterocycles. The van der Waals surface area contributed by atoms with Crippen molar-refractivity contribution in [2.75, 3.05) is 5.75 Å². The molecule has 1 aromatic heterocycles. The van der Waals surface area contributed by atoms with E-state index in [2.05, 4.69) is 10.3 Å². The third-order valence-corrected chi connectivity index (χ3v) is 5.38. The van der Waals surface area contributed by atoms with E-state index in [1.54, 1.807) is 6.07 Å². The molecule has 0 fully saturated rings. The van der Waals surface area contributed by atoms with Gasteiger partial charge >= 0.3 is 5.97 Å². The minimum Gasteiger partial charge on any atom is -0.508 e. The number of rotatable bonds is 6.